The molecule has 1 aliphatic heterocycles. The number of likely N-dealkylation sites (N-methyl/N-ethyl adjacent to an activating group) is 1. The number of ether oxygens (including phenoxy) is 1. The molecule has 0 radical (unpaired) electrons. The third-order valence-electron chi connectivity index (χ3n) is 6.25. The smallest absolute Gasteiger partial charge is 0.264 e. The number of carbonyl (C=O) groups is 1. The Morgan fingerprint density at radius 3 is 2.33 bits per heavy atom. The molecule has 3 aromatic carbocycles. The highest BCUT2D eigenvalue weighted by molar-refractivity contribution is 7.92. The van der Waals surface area contributed by atoms with Gasteiger partial charge in [-0.3, -0.25) is 9.10 Å². The van der Waals surface area contributed by atoms with Crippen molar-refractivity contribution in [2.24, 2.45) is 0 Å². The average molecular weight is 529 g/mol. The molecule has 1 saturated heterocycles. The molecule has 0 saturated carbocycles. The lowest BCUT2D eigenvalue weighted by atomic mass is 10.1. The molecule has 4 rings (SSSR count). The van der Waals surface area contributed by atoms with E-state index in [2.05, 4.69) is 22.2 Å². The molecular weight excluding hydrogens is 500 g/mol. The van der Waals surface area contributed by atoms with Crippen molar-refractivity contribution in [2.75, 3.05) is 61.9 Å². The van der Waals surface area contributed by atoms with Crippen molar-refractivity contribution in [1.29, 1.82) is 0 Å². The monoisotopic (exact) mass is 528 g/mol. The zero-order chi connectivity index (χ0) is 25.9. The van der Waals surface area contributed by atoms with Crippen LogP contribution in [0.2, 0.25) is 5.02 Å². The molecule has 3 aromatic rings. The van der Waals surface area contributed by atoms with E-state index in [-0.39, 0.29) is 10.8 Å². The van der Waals surface area contributed by atoms with Gasteiger partial charge in [0, 0.05) is 43.8 Å². The minimum atomic E-state index is -3.86. The van der Waals surface area contributed by atoms with Crippen LogP contribution in [-0.2, 0) is 10.0 Å². The van der Waals surface area contributed by atoms with E-state index in [9.17, 15) is 13.2 Å². The van der Waals surface area contributed by atoms with E-state index in [1.807, 2.05) is 12.1 Å². The molecule has 0 bridgehead atoms. The van der Waals surface area contributed by atoms with Crippen LogP contribution in [0.5, 0.6) is 5.75 Å². The Morgan fingerprint density at radius 1 is 1.00 bits per heavy atom. The molecule has 190 valence electrons. The van der Waals surface area contributed by atoms with Crippen LogP contribution in [0.3, 0.4) is 0 Å². The second-order valence-corrected chi connectivity index (χ2v) is 11.0. The van der Waals surface area contributed by atoms with E-state index >= 15 is 0 Å². The van der Waals surface area contributed by atoms with Gasteiger partial charge >= 0.3 is 0 Å². The summed E-state index contributed by atoms with van der Waals surface area (Å²) in [4.78, 5) is 17.6. The molecule has 10 heteroatoms. The lowest BCUT2D eigenvalue weighted by Gasteiger charge is -2.35. The second kappa shape index (κ2) is 10.8. The Balaban J connectivity index is 1.53. The van der Waals surface area contributed by atoms with E-state index in [1.165, 1.54) is 38.4 Å². The molecule has 36 heavy (non-hydrogen) atoms. The first-order chi connectivity index (χ1) is 17.2. The van der Waals surface area contributed by atoms with Crippen molar-refractivity contribution in [3.05, 3.63) is 77.3 Å². The fourth-order valence-electron chi connectivity index (χ4n) is 4.08. The van der Waals surface area contributed by atoms with Crippen molar-refractivity contribution < 1.29 is 17.9 Å². The molecule has 1 N–H and O–H groups in total. The Bertz CT molecular complexity index is 1340. The largest absolute Gasteiger partial charge is 0.495 e. The van der Waals surface area contributed by atoms with Crippen LogP contribution in [0.15, 0.2) is 71.6 Å². The summed E-state index contributed by atoms with van der Waals surface area (Å²) in [5.41, 5.74) is 2.26. The van der Waals surface area contributed by atoms with Crippen molar-refractivity contribution in [3.63, 3.8) is 0 Å². The number of methoxy groups -OCH3 is 1. The molecule has 1 heterocycles. The van der Waals surface area contributed by atoms with Crippen LogP contribution >= 0.6 is 11.6 Å². The van der Waals surface area contributed by atoms with Crippen LogP contribution in [0, 0.1) is 0 Å². The van der Waals surface area contributed by atoms with Crippen molar-refractivity contribution in [1.82, 2.24) is 4.90 Å². The van der Waals surface area contributed by atoms with E-state index in [4.69, 9.17) is 16.3 Å². The second-order valence-electron chi connectivity index (χ2n) is 8.57. The lowest BCUT2D eigenvalue weighted by molar-refractivity contribution is 0.102. The highest BCUT2D eigenvalue weighted by Gasteiger charge is 2.24. The molecule has 0 aliphatic carbocycles. The highest BCUT2D eigenvalue weighted by Crippen LogP contribution is 2.32. The Hall–Kier alpha value is -3.27. The van der Waals surface area contributed by atoms with Crippen LogP contribution in [0.25, 0.3) is 0 Å². The summed E-state index contributed by atoms with van der Waals surface area (Å²) in [6.45, 7) is 3.53. The molecule has 1 fully saturated rings. The molecular formula is C26H29ClN4O4S. The lowest BCUT2D eigenvalue weighted by Crippen LogP contribution is -2.44. The van der Waals surface area contributed by atoms with Crippen LogP contribution < -0.4 is 19.3 Å². The number of nitrogens with one attached hydrogen (secondary N) is 1. The first kappa shape index (κ1) is 25.8. The van der Waals surface area contributed by atoms with Crippen LogP contribution in [0.4, 0.5) is 17.1 Å². The Morgan fingerprint density at radius 2 is 1.67 bits per heavy atom. The average Bonchev–Trinajstić information content (AvgIpc) is 2.89. The summed E-state index contributed by atoms with van der Waals surface area (Å²) in [6, 6.07) is 18.2. The fourth-order valence-corrected chi connectivity index (χ4v) is 5.46. The number of sulfonamides is 1. The van der Waals surface area contributed by atoms with Crippen LogP contribution in [0.1, 0.15) is 10.4 Å². The van der Waals surface area contributed by atoms with Crippen molar-refractivity contribution in [2.45, 2.75) is 4.90 Å². The number of amides is 1. The topological polar surface area (TPSA) is 82.2 Å². The van der Waals surface area contributed by atoms with Crippen LogP contribution in [-0.4, -0.2) is 66.6 Å². The first-order valence-corrected chi connectivity index (χ1v) is 13.3. The number of anilines is 3. The third kappa shape index (κ3) is 5.43. The zero-order valence-electron chi connectivity index (χ0n) is 20.4. The van der Waals surface area contributed by atoms with Gasteiger partial charge in [-0.1, -0.05) is 23.7 Å². The number of hydrogen-bond donors (Lipinski definition) is 1. The predicted molar refractivity (Wildman–Crippen MR) is 144 cm³/mol. The molecule has 0 atom stereocenters. The van der Waals surface area contributed by atoms with Gasteiger partial charge in [-0.15, -0.1) is 0 Å². The molecule has 1 aliphatic rings. The number of rotatable bonds is 7. The minimum Gasteiger partial charge on any atom is -0.495 e. The van der Waals surface area contributed by atoms with E-state index in [0.717, 1.165) is 36.2 Å². The molecule has 0 spiro atoms. The maximum atomic E-state index is 13.2. The van der Waals surface area contributed by atoms with Gasteiger partial charge in [0.2, 0.25) is 0 Å². The number of hydrogen-bond acceptors (Lipinski definition) is 6. The van der Waals surface area contributed by atoms with Gasteiger partial charge in [0.1, 0.15) is 5.75 Å². The number of halogens is 1. The van der Waals surface area contributed by atoms with E-state index in [0.29, 0.717) is 27.7 Å². The van der Waals surface area contributed by atoms with Gasteiger partial charge in [0.15, 0.2) is 0 Å². The van der Waals surface area contributed by atoms with Gasteiger partial charge in [-0.05, 0) is 61.6 Å². The number of benzene rings is 3. The Kier molecular flexibility index (Phi) is 7.73. The quantitative estimate of drug-likeness (QED) is 0.495. The normalized spacial score (nSPS) is 14.4. The SMILES string of the molecule is COc1ccccc1N(C)S(=O)(=O)c1ccc(C(=O)Nc2cc(Cl)ccc2N2CCN(C)CC2)cc1. The summed E-state index contributed by atoms with van der Waals surface area (Å²) < 4.78 is 32.9. The summed E-state index contributed by atoms with van der Waals surface area (Å²) >= 11 is 6.22. The number of para-hydroxylation sites is 2. The molecule has 0 unspecified atom stereocenters. The zero-order valence-corrected chi connectivity index (χ0v) is 22.0. The minimum absolute atomic E-state index is 0.0633. The Labute approximate surface area is 217 Å². The van der Waals surface area contributed by atoms with Crippen molar-refractivity contribution in [3.8, 4) is 5.75 Å². The summed E-state index contributed by atoms with van der Waals surface area (Å²) in [5.74, 6) is 0.0897. The fraction of sp³-hybridized carbons (Fsp3) is 0.269. The molecule has 0 aromatic heterocycles. The van der Waals surface area contributed by atoms with Gasteiger partial charge in [-0.25, -0.2) is 8.42 Å². The number of nitrogens with zero attached hydrogens (tertiary/aromatic N) is 3. The maximum Gasteiger partial charge on any atom is 0.264 e. The van der Waals surface area contributed by atoms with Gasteiger partial charge < -0.3 is 19.9 Å². The van der Waals surface area contributed by atoms with E-state index < -0.39 is 10.0 Å². The highest BCUT2D eigenvalue weighted by atomic mass is 35.5. The summed E-state index contributed by atoms with van der Waals surface area (Å²) in [6.07, 6.45) is 0. The van der Waals surface area contributed by atoms with Gasteiger partial charge in [0.05, 0.1) is 29.1 Å². The van der Waals surface area contributed by atoms with Gasteiger partial charge in [0.25, 0.3) is 15.9 Å². The number of carbonyl (C=O) groups excluding carboxylic acids is 1. The standard InChI is InChI=1S/C26H29ClN4O4S/c1-29-14-16-31(17-15-29)23-13-10-20(27)18-22(23)28-26(32)19-8-11-21(12-9-19)36(33,34)30(2)24-6-4-5-7-25(24)35-3/h4-13,18H,14-17H2,1-3H3,(H,28,32). The first-order valence-electron chi connectivity index (χ1n) is 11.5. The molecule has 1 amide bonds. The summed E-state index contributed by atoms with van der Waals surface area (Å²) in [5, 5.41) is 3.46. The predicted octanol–water partition coefficient (Wildman–Crippen LogP) is 4.18. The number of piperazine rings is 1. The third-order valence-corrected chi connectivity index (χ3v) is 8.27. The molecule has 8 nitrogen and oxygen atoms in total. The summed E-state index contributed by atoms with van der Waals surface area (Å²) in [7, 11) is 1.17. The van der Waals surface area contributed by atoms with E-state index in [1.54, 1.807) is 30.3 Å². The maximum absolute atomic E-state index is 13.2. The van der Waals surface area contributed by atoms with Crippen molar-refractivity contribution >= 4 is 44.6 Å². The van der Waals surface area contributed by atoms with Gasteiger partial charge in [-0.2, -0.15) is 0 Å².